The van der Waals surface area contributed by atoms with Crippen molar-refractivity contribution in [3.63, 3.8) is 0 Å². The first-order valence-corrected chi connectivity index (χ1v) is 7.44. The highest BCUT2D eigenvalue weighted by molar-refractivity contribution is 5.93. The Bertz CT molecular complexity index is 692. The van der Waals surface area contributed by atoms with Gasteiger partial charge in [0.25, 0.3) is 0 Å². The summed E-state index contributed by atoms with van der Waals surface area (Å²) in [5, 5.41) is 14.5. The molecule has 0 fully saturated rings. The largest absolute Gasteiger partial charge is 0.310 e. The van der Waals surface area contributed by atoms with Gasteiger partial charge in [-0.2, -0.15) is 5.10 Å². The maximum Gasteiger partial charge on any atom is 0.306 e. The number of carbonyl (C=O) groups excluding carboxylic acids is 1. The third-order valence-corrected chi connectivity index (χ3v) is 3.48. The highest BCUT2D eigenvalue weighted by atomic mass is 16.6. The van der Waals surface area contributed by atoms with Crippen LogP contribution in [0.3, 0.4) is 0 Å². The number of rotatable bonds is 6. The van der Waals surface area contributed by atoms with Gasteiger partial charge in [-0.25, -0.2) is 0 Å². The zero-order valence-corrected chi connectivity index (χ0v) is 13.5. The maximum absolute atomic E-state index is 12.5. The van der Waals surface area contributed by atoms with Crippen molar-refractivity contribution >= 4 is 17.3 Å². The average molecular weight is 316 g/mol. The van der Waals surface area contributed by atoms with E-state index < -0.39 is 4.92 Å². The molecule has 0 radical (unpaired) electrons. The molecule has 1 aromatic heterocycles. The van der Waals surface area contributed by atoms with Crippen molar-refractivity contribution in [3.8, 4) is 0 Å². The van der Waals surface area contributed by atoms with Crippen molar-refractivity contribution in [1.82, 2.24) is 9.78 Å². The van der Waals surface area contributed by atoms with Crippen LogP contribution < -0.4 is 4.90 Å². The van der Waals surface area contributed by atoms with E-state index in [0.717, 1.165) is 11.3 Å². The minimum absolute atomic E-state index is 0.0252. The lowest BCUT2D eigenvalue weighted by Crippen LogP contribution is -2.37. The van der Waals surface area contributed by atoms with Gasteiger partial charge >= 0.3 is 5.69 Å². The molecule has 2 rings (SSSR count). The summed E-state index contributed by atoms with van der Waals surface area (Å²) in [6, 6.07) is 7.80. The topological polar surface area (TPSA) is 81.3 Å². The molecule has 0 unspecified atom stereocenters. The molecule has 0 N–H and O–H groups in total. The average Bonchev–Trinajstić information content (AvgIpc) is 2.96. The van der Waals surface area contributed by atoms with Gasteiger partial charge in [-0.3, -0.25) is 19.6 Å². The first-order chi connectivity index (χ1) is 10.9. The molecule has 122 valence electrons. The molecular weight excluding hydrogens is 296 g/mol. The smallest absolute Gasteiger partial charge is 0.306 e. The molecular formula is C16H20N4O3. The third kappa shape index (κ3) is 4.15. The second-order valence-electron chi connectivity index (χ2n) is 5.66. The number of carbonyl (C=O) groups is 1. The minimum atomic E-state index is -0.502. The summed E-state index contributed by atoms with van der Waals surface area (Å²) < 4.78 is 1.42. The van der Waals surface area contributed by atoms with Gasteiger partial charge in [-0.05, 0) is 32.9 Å². The number of nitro groups is 1. The summed E-state index contributed by atoms with van der Waals surface area (Å²) in [4.78, 5) is 24.4. The number of anilines is 1. The lowest BCUT2D eigenvalue weighted by molar-refractivity contribution is -0.385. The van der Waals surface area contributed by atoms with Gasteiger partial charge in [0, 0.05) is 24.7 Å². The number of aromatic nitrogens is 2. The van der Waals surface area contributed by atoms with Crippen LogP contribution >= 0.6 is 0 Å². The van der Waals surface area contributed by atoms with Crippen LogP contribution in [-0.2, 0) is 11.3 Å². The first kappa shape index (κ1) is 16.7. The molecule has 0 saturated carbocycles. The Labute approximate surface area is 134 Å². The van der Waals surface area contributed by atoms with Crippen LogP contribution in [0.4, 0.5) is 11.4 Å². The zero-order chi connectivity index (χ0) is 17.0. The molecule has 0 spiro atoms. The number of hydrogen-bond donors (Lipinski definition) is 0. The van der Waals surface area contributed by atoms with Gasteiger partial charge in [0.1, 0.15) is 12.4 Å². The number of aryl methyl sites for hydroxylation is 2. The second kappa shape index (κ2) is 7.04. The van der Waals surface area contributed by atoms with Crippen molar-refractivity contribution in [3.05, 3.63) is 52.3 Å². The second-order valence-corrected chi connectivity index (χ2v) is 5.66. The van der Waals surface area contributed by atoms with E-state index >= 15 is 0 Å². The normalized spacial score (nSPS) is 10.8. The van der Waals surface area contributed by atoms with Gasteiger partial charge in [0.15, 0.2) is 0 Å². The molecule has 23 heavy (non-hydrogen) atoms. The van der Waals surface area contributed by atoms with Gasteiger partial charge in [-0.15, -0.1) is 0 Å². The van der Waals surface area contributed by atoms with Crippen LogP contribution in [0.1, 0.15) is 25.8 Å². The van der Waals surface area contributed by atoms with Crippen LogP contribution in [0.5, 0.6) is 0 Å². The Hall–Kier alpha value is -2.70. The lowest BCUT2D eigenvalue weighted by atomic mass is 10.1. The van der Waals surface area contributed by atoms with Crippen molar-refractivity contribution in [2.75, 3.05) is 4.90 Å². The zero-order valence-electron chi connectivity index (χ0n) is 13.5. The standard InChI is InChI=1S/C16H20N4O3/c1-12(2)19(14-6-4-13(3)5-7-14)16(21)8-9-18-11-15(10-17-18)20(22)23/h4-7,10-12H,8-9H2,1-3H3. The van der Waals surface area contributed by atoms with E-state index in [9.17, 15) is 14.9 Å². The molecule has 1 heterocycles. The van der Waals surface area contributed by atoms with E-state index in [2.05, 4.69) is 5.10 Å². The molecule has 0 aliphatic carbocycles. The number of benzene rings is 1. The number of hydrogen-bond acceptors (Lipinski definition) is 4. The van der Waals surface area contributed by atoms with Gasteiger partial charge in [-0.1, -0.05) is 17.7 Å². The van der Waals surface area contributed by atoms with Gasteiger partial charge in [0.2, 0.25) is 5.91 Å². The molecule has 7 nitrogen and oxygen atoms in total. The fourth-order valence-corrected chi connectivity index (χ4v) is 2.34. The Kier molecular flexibility index (Phi) is 5.10. The molecule has 0 aliphatic heterocycles. The molecule has 1 amide bonds. The maximum atomic E-state index is 12.5. The van der Waals surface area contributed by atoms with E-state index in [1.807, 2.05) is 45.0 Å². The fraction of sp³-hybridized carbons (Fsp3) is 0.375. The fourth-order valence-electron chi connectivity index (χ4n) is 2.34. The van der Waals surface area contributed by atoms with E-state index in [1.54, 1.807) is 4.90 Å². The van der Waals surface area contributed by atoms with Crippen molar-refractivity contribution < 1.29 is 9.72 Å². The Morgan fingerprint density at radius 1 is 1.35 bits per heavy atom. The predicted molar refractivity (Wildman–Crippen MR) is 87.3 cm³/mol. The SMILES string of the molecule is Cc1ccc(N(C(=O)CCn2cc([N+](=O)[O-])cn2)C(C)C)cc1. The van der Waals surface area contributed by atoms with E-state index in [4.69, 9.17) is 0 Å². The van der Waals surface area contributed by atoms with Gasteiger partial charge < -0.3 is 4.90 Å². The quantitative estimate of drug-likeness (QED) is 0.606. The first-order valence-electron chi connectivity index (χ1n) is 7.44. The number of amides is 1. The molecule has 1 aromatic carbocycles. The molecule has 2 aromatic rings. The van der Waals surface area contributed by atoms with Crippen LogP contribution in [0.2, 0.25) is 0 Å². The Balaban J connectivity index is 2.06. The molecule has 7 heteroatoms. The lowest BCUT2D eigenvalue weighted by Gasteiger charge is -2.27. The summed E-state index contributed by atoms with van der Waals surface area (Å²) in [6.07, 6.45) is 2.74. The molecule has 0 aliphatic rings. The third-order valence-electron chi connectivity index (χ3n) is 3.48. The van der Waals surface area contributed by atoms with E-state index in [1.165, 1.54) is 17.1 Å². The van der Waals surface area contributed by atoms with Crippen LogP contribution in [0.25, 0.3) is 0 Å². The van der Waals surface area contributed by atoms with Crippen molar-refractivity contribution in [1.29, 1.82) is 0 Å². The summed E-state index contributed by atoms with van der Waals surface area (Å²) >= 11 is 0. The monoisotopic (exact) mass is 316 g/mol. The Morgan fingerprint density at radius 3 is 2.52 bits per heavy atom. The van der Waals surface area contributed by atoms with Crippen LogP contribution in [0.15, 0.2) is 36.7 Å². The van der Waals surface area contributed by atoms with Crippen molar-refractivity contribution in [2.24, 2.45) is 0 Å². The van der Waals surface area contributed by atoms with Crippen LogP contribution in [0, 0.1) is 17.0 Å². The minimum Gasteiger partial charge on any atom is -0.310 e. The van der Waals surface area contributed by atoms with Crippen molar-refractivity contribution in [2.45, 2.75) is 39.8 Å². The summed E-state index contributed by atoms with van der Waals surface area (Å²) in [5.41, 5.74) is 1.91. The Morgan fingerprint density at radius 2 is 2.00 bits per heavy atom. The molecule has 0 saturated heterocycles. The summed E-state index contributed by atoms with van der Waals surface area (Å²) in [5.74, 6) is -0.0398. The van der Waals surface area contributed by atoms with Crippen LogP contribution in [-0.4, -0.2) is 26.7 Å². The van der Waals surface area contributed by atoms with E-state index in [0.29, 0.717) is 6.54 Å². The summed E-state index contributed by atoms with van der Waals surface area (Å²) in [7, 11) is 0. The molecule has 0 bridgehead atoms. The van der Waals surface area contributed by atoms with E-state index in [-0.39, 0.29) is 24.1 Å². The molecule has 0 atom stereocenters. The van der Waals surface area contributed by atoms with Gasteiger partial charge in [0.05, 0.1) is 4.92 Å². The summed E-state index contributed by atoms with van der Waals surface area (Å²) in [6.45, 7) is 6.21. The highest BCUT2D eigenvalue weighted by Gasteiger charge is 2.19. The number of nitrogens with zero attached hydrogens (tertiary/aromatic N) is 4. The highest BCUT2D eigenvalue weighted by Crippen LogP contribution is 2.19. The predicted octanol–water partition coefficient (Wildman–Crippen LogP) is 2.93.